The molecule has 0 aliphatic carbocycles. The summed E-state index contributed by atoms with van der Waals surface area (Å²) in [6.45, 7) is 10.5. The molecule has 3 aromatic carbocycles. The van der Waals surface area contributed by atoms with Crippen molar-refractivity contribution in [1.82, 2.24) is 0 Å². The minimum absolute atomic E-state index is 1.09. The quantitative estimate of drug-likeness (QED) is 0.467. The van der Waals surface area contributed by atoms with Crippen molar-refractivity contribution in [2.45, 2.75) is 41.0 Å². The zero-order chi connectivity index (χ0) is 17.8. The van der Waals surface area contributed by atoms with E-state index in [9.17, 15) is 0 Å². The molecule has 0 atom stereocenters. The highest BCUT2D eigenvalue weighted by Gasteiger charge is 2.04. The summed E-state index contributed by atoms with van der Waals surface area (Å²) >= 11 is 0. The molecule has 0 heteroatoms. The SMILES string of the molecule is CC.CCc1ccccc1-c1ccccc1C.Cc1ccccc1. The van der Waals surface area contributed by atoms with Crippen LogP contribution in [-0.4, -0.2) is 0 Å². The van der Waals surface area contributed by atoms with Crippen molar-refractivity contribution < 1.29 is 0 Å². The minimum atomic E-state index is 1.09. The zero-order valence-electron chi connectivity index (χ0n) is 15.7. The number of benzene rings is 3. The maximum absolute atomic E-state index is 2.21. The molecule has 3 aromatic rings. The van der Waals surface area contributed by atoms with Crippen molar-refractivity contribution in [1.29, 1.82) is 0 Å². The van der Waals surface area contributed by atoms with Gasteiger partial charge in [-0.25, -0.2) is 0 Å². The first-order valence-corrected chi connectivity index (χ1v) is 8.88. The fourth-order valence-electron chi connectivity index (χ4n) is 2.50. The number of aryl methyl sites for hydroxylation is 3. The van der Waals surface area contributed by atoms with Crippen molar-refractivity contribution in [3.8, 4) is 11.1 Å². The first kappa shape index (κ1) is 19.7. The molecule has 3 rings (SSSR count). The predicted molar refractivity (Wildman–Crippen MR) is 109 cm³/mol. The summed E-state index contributed by atoms with van der Waals surface area (Å²) in [5.74, 6) is 0. The van der Waals surface area contributed by atoms with Gasteiger partial charge in [0.05, 0.1) is 0 Å². The molecule has 0 saturated heterocycles. The second-order valence-electron chi connectivity index (χ2n) is 5.48. The number of rotatable bonds is 2. The van der Waals surface area contributed by atoms with E-state index in [1.165, 1.54) is 27.8 Å². The molecule has 0 radical (unpaired) electrons. The van der Waals surface area contributed by atoms with E-state index in [4.69, 9.17) is 0 Å². The van der Waals surface area contributed by atoms with Gasteiger partial charge in [0.25, 0.3) is 0 Å². The summed E-state index contributed by atoms with van der Waals surface area (Å²) < 4.78 is 0. The van der Waals surface area contributed by atoms with Gasteiger partial charge in [-0.05, 0) is 42.5 Å². The van der Waals surface area contributed by atoms with Crippen LogP contribution >= 0.6 is 0 Å². The average molecular weight is 319 g/mol. The molecule has 0 bridgehead atoms. The van der Waals surface area contributed by atoms with Gasteiger partial charge in [0, 0.05) is 0 Å². The molecule has 0 heterocycles. The molecule has 0 aliphatic heterocycles. The number of hydrogen-bond acceptors (Lipinski definition) is 0. The fraction of sp³-hybridized carbons (Fsp3) is 0.250. The Labute approximate surface area is 148 Å². The molecular formula is C24H30. The molecule has 0 unspecified atom stereocenters. The van der Waals surface area contributed by atoms with Crippen LogP contribution < -0.4 is 0 Å². The lowest BCUT2D eigenvalue weighted by atomic mass is 9.95. The summed E-state index contributed by atoms with van der Waals surface area (Å²) in [7, 11) is 0. The van der Waals surface area contributed by atoms with E-state index in [1.54, 1.807) is 0 Å². The molecule has 0 saturated carbocycles. The van der Waals surface area contributed by atoms with Gasteiger partial charge in [-0.2, -0.15) is 0 Å². The van der Waals surface area contributed by atoms with Crippen molar-refractivity contribution >= 4 is 0 Å². The molecule has 0 N–H and O–H groups in total. The topological polar surface area (TPSA) is 0 Å². The zero-order valence-corrected chi connectivity index (χ0v) is 15.7. The molecule has 0 spiro atoms. The van der Waals surface area contributed by atoms with E-state index in [1.807, 2.05) is 32.0 Å². The van der Waals surface area contributed by atoms with Crippen LogP contribution in [-0.2, 0) is 6.42 Å². The molecule has 24 heavy (non-hydrogen) atoms. The van der Waals surface area contributed by atoms with Crippen LogP contribution in [0.15, 0.2) is 78.9 Å². The first-order valence-electron chi connectivity index (χ1n) is 8.88. The van der Waals surface area contributed by atoms with E-state index in [0.717, 1.165) is 6.42 Å². The van der Waals surface area contributed by atoms with E-state index in [0.29, 0.717) is 0 Å². The smallest absolute Gasteiger partial charge is 0.0149 e. The third-order valence-electron chi connectivity index (χ3n) is 3.77. The van der Waals surface area contributed by atoms with Crippen LogP contribution in [0.3, 0.4) is 0 Å². The van der Waals surface area contributed by atoms with Crippen molar-refractivity contribution in [3.63, 3.8) is 0 Å². The summed E-state index contributed by atoms with van der Waals surface area (Å²) in [4.78, 5) is 0. The van der Waals surface area contributed by atoms with Crippen LogP contribution in [0.2, 0.25) is 0 Å². The van der Waals surface area contributed by atoms with E-state index >= 15 is 0 Å². The van der Waals surface area contributed by atoms with Gasteiger partial charge in [-0.15, -0.1) is 0 Å². The molecule has 0 aromatic heterocycles. The highest BCUT2D eigenvalue weighted by Crippen LogP contribution is 2.26. The summed E-state index contributed by atoms with van der Waals surface area (Å²) in [5, 5.41) is 0. The fourth-order valence-corrected chi connectivity index (χ4v) is 2.50. The Kier molecular flexibility index (Phi) is 9.23. The van der Waals surface area contributed by atoms with E-state index in [-0.39, 0.29) is 0 Å². The average Bonchev–Trinajstić information content (AvgIpc) is 2.65. The minimum Gasteiger partial charge on any atom is -0.0683 e. The van der Waals surface area contributed by atoms with Crippen molar-refractivity contribution in [2.24, 2.45) is 0 Å². The molecular weight excluding hydrogens is 288 g/mol. The lowest BCUT2D eigenvalue weighted by Crippen LogP contribution is -1.89. The highest BCUT2D eigenvalue weighted by molar-refractivity contribution is 5.70. The Morgan fingerprint density at radius 3 is 1.58 bits per heavy atom. The summed E-state index contributed by atoms with van der Waals surface area (Å²) in [6.07, 6.45) is 1.09. The predicted octanol–water partition coefficient (Wildman–Crippen LogP) is 7.25. The van der Waals surface area contributed by atoms with Gasteiger partial charge in [-0.3, -0.25) is 0 Å². The maximum atomic E-state index is 2.21. The maximum Gasteiger partial charge on any atom is -0.0149 e. The van der Waals surface area contributed by atoms with Crippen LogP contribution in [0.1, 0.15) is 37.5 Å². The van der Waals surface area contributed by atoms with Gasteiger partial charge >= 0.3 is 0 Å². The van der Waals surface area contributed by atoms with Gasteiger partial charge in [0.15, 0.2) is 0 Å². The highest BCUT2D eigenvalue weighted by atomic mass is 14.1. The lowest BCUT2D eigenvalue weighted by molar-refractivity contribution is 1.14. The van der Waals surface area contributed by atoms with Crippen molar-refractivity contribution in [3.05, 3.63) is 95.6 Å². The van der Waals surface area contributed by atoms with Gasteiger partial charge in [-0.1, -0.05) is 105 Å². The monoisotopic (exact) mass is 318 g/mol. The lowest BCUT2D eigenvalue weighted by Gasteiger charge is -2.10. The third-order valence-corrected chi connectivity index (χ3v) is 3.77. The van der Waals surface area contributed by atoms with Crippen molar-refractivity contribution in [2.75, 3.05) is 0 Å². The van der Waals surface area contributed by atoms with Crippen LogP contribution in [0.5, 0.6) is 0 Å². The summed E-state index contributed by atoms with van der Waals surface area (Å²) in [6, 6.07) is 27.5. The largest absolute Gasteiger partial charge is 0.0683 e. The third kappa shape index (κ3) is 6.04. The van der Waals surface area contributed by atoms with E-state index in [2.05, 4.69) is 81.4 Å². The Morgan fingerprint density at radius 2 is 1.08 bits per heavy atom. The van der Waals surface area contributed by atoms with Gasteiger partial charge in [0.2, 0.25) is 0 Å². The normalized spacial score (nSPS) is 9.21. The molecule has 126 valence electrons. The second-order valence-corrected chi connectivity index (χ2v) is 5.48. The van der Waals surface area contributed by atoms with Crippen LogP contribution in [0.25, 0.3) is 11.1 Å². The van der Waals surface area contributed by atoms with Crippen LogP contribution in [0, 0.1) is 13.8 Å². The second kappa shape index (κ2) is 11.2. The van der Waals surface area contributed by atoms with Gasteiger partial charge < -0.3 is 0 Å². The molecule has 0 nitrogen and oxygen atoms in total. The Morgan fingerprint density at radius 1 is 0.583 bits per heavy atom. The van der Waals surface area contributed by atoms with E-state index < -0.39 is 0 Å². The molecule has 0 amide bonds. The van der Waals surface area contributed by atoms with Crippen LogP contribution in [0.4, 0.5) is 0 Å². The standard InChI is InChI=1S/C15H16.C7H8.C2H6/c1-3-13-9-5-7-11-15(13)14-10-6-4-8-12(14)2;1-7-5-3-2-4-6-7;1-2/h4-11H,3H2,1-2H3;2-6H,1H3;1-2H3. The number of hydrogen-bond donors (Lipinski definition) is 0. The molecule has 0 aliphatic rings. The Hall–Kier alpha value is -2.34. The Bertz CT molecular complexity index is 696. The Balaban J connectivity index is 0.000000268. The first-order chi connectivity index (χ1) is 11.7. The molecule has 0 fully saturated rings. The van der Waals surface area contributed by atoms with Gasteiger partial charge in [0.1, 0.15) is 0 Å². The summed E-state index contributed by atoms with van der Waals surface area (Å²) in [5.41, 5.74) is 6.82.